The van der Waals surface area contributed by atoms with Gasteiger partial charge in [0.2, 0.25) is 0 Å². The third kappa shape index (κ3) is 4.03. The van der Waals surface area contributed by atoms with E-state index < -0.39 is 18.2 Å². The number of hydrogen-bond donors (Lipinski definition) is 2. The molecule has 0 radical (unpaired) electrons. The fourth-order valence-electron chi connectivity index (χ4n) is 1.08. The van der Waals surface area contributed by atoms with E-state index >= 15 is 0 Å². The summed E-state index contributed by atoms with van der Waals surface area (Å²) in [7, 11) is 0. The summed E-state index contributed by atoms with van der Waals surface area (Å²) in [5.74, 6) is -0.547. The minimum atomic E-state index is -4.87. The van der Waals surface area contributed by atoms with Gasteiger partial charge in [-0.25, -0.2) is 4.79 Å². The molecule has 0 bridgehead atoms. The van der Waals surface area contributed by atoms with Gasteiger partial charge < -0.3 is 9.84 Å². The van der Waals surface area contributed by atoms with Gasteiger partial charge in [-0.3, -0.25) is 5.32 Å². The number of rotatable bonds is 2. The van der Waals surface area contributed by atoms with Crippen LogP contribution in [-0.4, -0.2) is 17.6 Å². The van der Waals surface area contributed by atoms with Crippen molar-refractivity contribution in [1.82, 2.24) is 0 Å². The van der Waals surface area contributed by atoms with Crippen molar-refractivity contribution < 1.29 is 27.8 Å². The highest BCUT2D eigenvalue weighted by molar-refractivity contribution is 6.31. The van der Waals surface area contributed by atoms with Gasteiger partial charge in [0.25, 0.3) is 0 Å². The second kappa shape index (κ2) is 4.70. The lowest BCUT2D eigenvalue weighted by atomic mass is 10.2. The van der Waals surface area contributed by atoms with Crippen LogP contribution in [0.5, 0.6) is 5.75 Å². The Morgan fingerprint density at radius 2 is 2.06 bits per heavy atom. The Balaban J connectivity index is 3.11. The second-order valence-corrected chi connectivity index (χ2v) is 3.47. The molecule has 8 heteroatoms. The van der Waals surface area contributed by atoms with Crippen LogP contribution in [0.15, 0.2) is 12.1 Å². The van der Waals surface area contributed by atoms with E-state index in [1.54, 1.807) is 0 Å². The molecule has 0 atom stereocenters. The molecule has 0 spiro atoms. The van der Waals surface area contributed by atoms with Gasteiger partial charge in [-0.2, -0.15) is 0 Å². The van der Waals surface area contributed by atoms with Gasteiger partial charge in [-0.1, -0.05) is 11.6 Å². The topological polar surface area (TPSA) is 58.6 Å². The number of alkyl halides is 3. The van der Waals surface area contributed by atoms with Gasteiger partial charge in [-0.05, 0) is 13.0 Å². The molecular weight excluding hydrogens is 263 g/mol. The summed E-state index contributed by atoms with van der Waals surface area (Å²) in [6.07, 6.45) is -6.28. The zero-order valence-corrected chi connectivity index (χ0v) is 9.19. The van der Waals surface area contributed by atoms with E-state index in [0.29, 0.717) is 0 Å². The molecule has 0 aromatic heterocycles. The SMILES string of the molecule is Cc1c(Cl)cc(NC(=O)O)cc1OC(F)(F)F. The lowest BCUT2D eigenvalue weighted by Crippen LogP contribution is -2.18. The number of amides is 1. The third-order valence-electron chi connectivity index (χ3n) is 1.77. The first kappa shape index (κ1) is 13.4. The summed E-state index contributed by atoms with van der Waals surface area (Å²) < 4.78 is 39.9. The summed E-state index contributed by atoms with van der Waals surface area (Å²) >= 11 is 5.65. The average molecular weight is 270 g/mol. The van der Waals surface area contributed by atoms with Crippen molar-refractivity contribution in [2.75, 3.05) is 5.32 Å². The second-order valence-electron chi connectivity index (χ2n) is 3.06. The van der Waals surface area contributed by atoms with Crippen LogP contribution in [0.25, 0.3) is 0 Å². The molecule has 94 valence electrons. The van der Waals surface area contributed by atoms with Crippen LogP contribution in [-0.2, 0) is 0 Å². The van der Waals surface area contributed by atoms with Crippen LogP contribution in [0.3, 0.4) is 0 Å². The summed E-state index contributed by atoms with van der Waals surface area (Å²) in [5, 5.41) is 10.3. The third-order valence-corrected chi connectivity index (χ3v) is 2.17. The van der Waals surface area contributed by atoms with Gasteiger partial charge in [0.15, 0.2) is 0 Å². The van der Waals surface area contributed by atoms with E-state index in [4.69, 9.17) is 16.7 Å². The first-order valence-corrected chi connectivity index (χ1v) is 4.62. The molecule has 0 saturated carbocycles. The Labute approximate surface area is 98.9 Å². The van der Waals surface area contributed by atoms with Crippen LogP contribution in [0.1, 0.15) is 5.56 Å². The van der Waals surface area contributed by atoms with Crippen molar-refractivity contribution in [3.8, 4) is 5.75 Å². The molecule has 1 amide bonds. The van der Waals surface area contributed by atoms with E-state index in [1.807, 2.05) is 5.32 Å². The molecule has 4 nitrogen and oxygen atoms in total. The van der Waals surface area contributed by atoms with Crippen molar-refractivity contribution in [3.63, 3.8) is 0 Å². The summed E-state index contributed by atoms with van der Waals surface area (Å²) in [5.41, 5.74) is -0.0349. The Morgan fingerprint density at radius 3 is 2.53 bits per heavy atom. The maximum atomic E-state index is 12.0. The molecular formula is C9H7ClF3NO3. The van der Waals surface area contributed by atoms with Gasteiger partial charge in [0.1, 0.15) is 5.75 Å². The van der Waals surface area contributed by atoms with Crippen LogP contribution in [0, 0.1) is 6.92 Å². The van der Waals surface area contributed by atoms with Crippen molar-refractivity contribution in [1.29, 1.82) is 0 Å². The minimum Gasteiger partial charge on any atom is -0.465 e. The number of nitrogens with one attached hydrogen (secondary N) is 1. The molecule has 17 heavy (non-hydrogen) atoms. The lowest BCUT2D eigenvalue weighted by Gasteiger charge is -2.13. The highest BCUT2D eigenvalue weighted by Gasteiger charge is 2.32. The van der Waals surface area contributed by atoms with Gasteiger partial charge in [0.05, 0.1) is 0 Å². The Bertz CT molecular complexity index is 448. The fourth-order valence-corrected chi connectivity index (χ4v) is 1.29. The maximum absolute atomic E-state index is 12.0. The summed E-state index contributed by atoms with van der Waals surface area (Å²) in [6, 6.07) is 2.09. The highest BCUT2D eigenvalue weighted by atomic mass is 35.5. The van der Waals surface area contributed by atoms with Crippen molar-refractivity contribution >= 4 is 23.4 Å². The van der Waals surface area contributed by atoms with E-state index in [2.05, 4.69) is 4.74 Å². The van der Waals surface area contributed by atoms with Gasteiger partial charge in [0, 0.05) is 22.3 Å². The number of halogens is 4. The smallest absolute Gasteiger partial charge is 0.465 e. The Kier molecular flexibility index (Phi) is 3.72. The fraction of sp³-hybridized carbons (Fsp3) is 0.222. The Hall–Kier alpha value is -1.63. The molecule has 0 fully saturated rings. The average Bonchev–Trinajstić information content (AvgIpc) is 2.09. The number of carbonyl (C=O) groups is 1. The number of ether oxygens (including phenoxy) is 1. The van der Waals surface area contributed by atoms with E-state index in [9.17, 15) is 18.0 Å². The van der Waals surface area contributed by atoms with Gasteiger partial charge in [-0.15, -0.1) is 13.2 Å². The summed E-state index contributed by atoms with van der Waals surface area (Å²) in [6.45, 7) is 1.33. The predicted octanol–water partition coefficient (Wildman–Crippen LogP) is 3.64. The lowest BCUT2D eigenvalue weighted by molar-refractivity contribution is -0.274. The minimum absolute atomic E-state index is 0.0319. The molecule has 1 aromatic rings. The summed E-state index contributed by atoms with van der Waals surface area (Å²) in [4.78, 5) is 10.3. The number of carboxylic acid groups (broad SMARTS) is 1. The quantitative estimate of drug-likeness (QED) is 0.862. The zero-order valence-electron chi connectivity index (χ0n) is 8.43. The van der Waals surface area contributed by atoms with E-state index in [-0.39, 0.29) is 16.3 Å². The normalized spacial score (nSPS) is 11.1. The highest BCUT2D eigenvalue weighted by Crippen LogP contribution is 2.33. The first-order chi connectivity index (χ1) is 7.69. The molecule has 0 aliphatic rings. The number of anilines is 1. The van der Waals surface area contributed by atoms with Crippen LogP contribution >= 0.6 is 11.6 Å². The van der Waals surface area contributed by atoms with Crippen molar-refractivity contribution in [2.24, 2.45) is 0 Å². The molecule has 0 saturated heterocycles. The molecule has 0 aliphatic carbocycles. The van der Waals surface area contributed by atoms with Crippen molar-refractivity contribution in [2.45, 2.75) is 13.3 Å². The zero-order chi connectivity index (χ0) is 13.2. The monoisotopic (exact) mass is 269 g/mol. The molecule has 0 unspecified atom stereocenters. The van der Waals surface area contributed by atoms with Crippen molar-refractivity contribution in [3.05, 3.63) is 22.7 Å². The first-order valence-electron chi connectivity index (χ1n) is 4.25. The van der Waals surface area contributed by atoms with Crippen LogP contribution in [0.2, 0.25) is 5.02 Å². The molecule has 0 aliphatic heterocycles. The Morgan fingerprint density at radius 1 is 1.47 bits per heavy atom. The molecule has 1 aromatic carbocycles. The molecule has 1 rings (SSSR count). The largest absolute Gasteiger partial charge is 0.573 e. The number of benzene rings is 1. The number of hydrogen-bond acceptors (Lipinski definition) is 2. The maximum Gasteiger partial charge on any atom is 0.573 e. The van der Waals surface area contributed by atoms with Crippen LogP contribution < -0.4 is 10.1 Å². The molecule has 2 N–H and O–H groups in total. The van der Waals surface area contributed by atoms with E-state index in [0.717, 1.165) is 6.07 Å². The van der Waals surface area contributed by atoms with E-state index in [1.165, 1.54) is 13.0 Å². The molecule has 0 heterocycles. The standard InChI is InChI=1S/C9H7ClF3NO3/c1-4-6(10)2-5(14-8(15)16)3-7(4)17-9(11,12)13/h2-3,14H,1H3,(H,15,16). The van der Waals surface area contributed by atoms with Crippen LogP contribution in [0.4, 0.5) is 23.7 Å². The predicted molar refractivity (Wildman–Crippen MR) is 54.5 cm³/mol. The van der Waals surface area contributed by atoms with Gasteiger partial charge >= 0.3 is 12.5 Å².